The van der Waals surface area contributed by atoms with Crippen LogP contribution in [0.5, 0.6) is 5.75 Å². The van der Waals surface area contributed by atoms with Crippen molar-refractivity contribution in [1.29, 1.82) is 0 Å². The molecule has 4 heteroatoms. The number of nitrogens with one attached hydrogen (secondary N) is 1. The number of hydrogen-bond donors (Lipinski definition) is 2. The molecule has 0 spiro atoms. The minimum absolute atomic E-state index is 0.0591. The quantitative estimate of drug-likeness (QED) is 0.447. The van der Waals surface area contributed by atoms with Crippen molar-refractivity contribution < 1.29 is 9.84 Å². The maximum Gasteiger partial charge on any atom is 0.157 e. The highest BCUT2D eigenvalue weighted by Gasteiger charge is 2.02. The number of anilines is 1. The van der Waals surface area contributed by atoms with E-state index in [4.69, 9.17) is 16.3 Å². The van der Waals surface area contributed by atoms with Gasteiger partial charge >= 0.3 is 0 Å². The molecule has 72 valence electrons. The molecule has 2 N–H and O–H groups in total. The first-order valence-corrected chi connectivity index (χ1v) is 4.42. The fourth-order valence-electron chi connectivity index (χ4n) is 0.889. The summed E-state index contributed by atoms with van der Waals surface area (Å²) >= 11 is 5.70. The Balaban J connectivity index is 2.61. The summed E-state index contributed by atoms with van der Waals surface area (Å²) in [7, 11) is 0. The predicted molar refractivity (Wildman–Crippen MR) is 53.2 cm³/mol. The van der Waals surface area contributed by atoms with Crippen LogP contribution in [0.4, 0.5) is 5.69 Å². The minimum atomic E-state index is 0.0591. The van der Waals surface area contributed by atoms with Gasteiger partial charge in [-0.2, -0.15) is 0 Å². The summed E-state index contributed by atoms with van der Waals surface area (Å²) in [5.74, 6) is 0.0591. The van der Waals surface area contributed by atoms with Gasteiger partial charge in [0.15, 0.2) is 5.75 Å². The Morgan fingerprint density at radius 2 is 2.31 bits per heavy atom. The molecule has 0 fully saturated rings. The number of phenols is 1. The van der Waals surface area contributed by atoms with Gasteiger partial charge in [-0.05, 0) is 19.1 Å². The molecule has 0 bridgehead atoms. The van der Waals surface area contributed by atoms with Crippen LogP contribution in [0.15, 0.2) is 18.2 Å². The van der Waals surface area contributed by atoms with Gasteiger partial charge in [-0.15, -0.1) is 0 Å². The molecule has 0 aromatic heterocycles. The van der Waals surface area contributed by atoms with E-state index in [0.717, 1.165) is 0 Å². The van der Waals surface area contributed by atoms with Crippen molar-refractivity contribution >= 4 is 17.3 Å². The molecule has 1 aromatic rings. The maximum absolute atomic E-state index is 9.45. The summed E-state index contributed by atoms with van der Waals surface area (Å²) in [4.78, 5) is 0. The van der Waals surface area contributed by atoms with Crippen LogP contribution in [-0.2, 0) is 4.74 Å². The molecule has 0 aliphatic carbocycles. The number of benzene rings is 1. The molecule has 0 saturated carbocycles. The molecule has 0 heterocycles. The van der Waals surface area contributed by atoms with Crippen molar-refractivity contribution in [2.45, 2.75) is 6.92 Å². The minimum Gasteiger partial charge on any atom is -0.504 e. The number of hydrogen-bond acceptors (Lipinski definition) is 3. The fraction of sp³-hybridized carbons (Fsp3) is 0.333. The third-order valence-corrected chi connectivity index (χ3v) is 1.86. The molecule has 0 aliphatic heterocycles. The summed E-state index contributed by atoms with van der Waals surface area (Å²) in [6, 6.07) is 5.12. The van der Waals surface area contributed by atoms with Crippen LogP contribution in [0.25, 0.3) is 0 Å². The molecule has 0 radical (unpaired) electrons. The number of phenolic OH excluding ortho intramolecular Hbond substituents is 1. The highest BCUT2D eigenvalue weighted by Crippen LogP contribution is 2.30. The van der Waals surface area contributed by atoms with Crippen LogP contribution < -0.4 is 5.32 Å². The van der Waals surface area contributed by atoms with Crippen molar-refractivity contribution in [2.24, 2.45) is 0 Å². The van der Waals surface area contributed by atoms with Gasteiger partial charge in [0.2, 0.25) is 0 Å². The maximum atomic E-state index is 9.45. The monoisotopic (exact) mass is 201 g/mol. The van der Waals surface area contributed by atoms with Crippen LogP contribution in [0, 0.1) is 0 Å². The van der Waals surface area contributed by atoms with Gasteiger partial charge in [-0.3, -0.25) is 0 Å². The lowest BCUT2D eigenvalue weighted by Crippen LogP contribution is -2.05. The van der Waals surface area contributed by atoms with E-state index in [1.54, 1.807) is 18.2 Å². The van der Waals surface area contributed by atoms with Crippen molar-refractivity contribution in [3.63, 3.8) is 0 Å². The van der Waals surface area contributed by atoms with Crippen molar-refractivity contribution in [1.82, 2.24) is 0 Å². The van der Waals surface area contributed by atoms with Crippen LogP contribution in [0.3, 0.4) is 0 Å². The van der Waals surface area contributed by atoms with Gasteiger partial charge in [0, 0.05) is 6.61 Å². The van der Waals surface area contributed by atoms with E-state index >= 15 is 0 Å². The number of aromatic hydroxyl groups is 1. The van der Waals surface area contributed by atoms with Crippen LogP contribution in [-0.4, -0.2) is 18.4 Å². The van der Waals surface area contributed by atoms with E-state index in [9.17, 15) is 5.11 Å². The van der Waals surface area contributed by atoms with Crippen LogP contribution in [0.1, 0.15) is 6.92 Å². The molecule has 0 unspecified atom stereocenters. The van der Waals surface area contributed by atoms with Gasteiger partial charge in [0.05, 0.1) is 10.7 Å². The Hall–Kier alpha value is -0.930. The largest absolute Gasteiger partial charge is 0.504 e. The molecular formula is C9H12ClNO2. The Morgan fingerprint density at radius 3 is 3.00 bits per heavy atom. The number of halogens is 1. The summed E-state index contributed by atoms with van der Waals surface area (Å²) in [5, 5.41) is 12.7. The highest BCUT2D eigenvalue weighted by molar-refractivity contribution is 6.32. The molecule has 1 rings (SSSR count). The van der Waals surface area contributed by atoms with E-state index < -0.39 is 0 Å². The zero-order chi connectivity index (χ0) is 9.68. The third kappa shape index (κ3) is 2.79. The summed E-state index contributed by atoms with van der Waals surface area (Å²) in [6.07, 6.45) is 0. The molecule has 0 saturated heterocycles. The Labute approximate surface area is 82.3 Å². The zero-order valence-electron chi connectivity index (χ0n) is 7.38. The molecule has 13 heavy (non-hydrogen) atoms. The Kier molecular flexibility index (Phi) is 3.86. The standard InChI is InChI=1S/C9H12ClNO2/c1-2-13-6-11-8-5-3-4-7(10)9(8)12/h3-5,11-12H,2,6H2,1H3. The topological polar surface area (TPSA) is 41.5 Å². The van der Waals surface area contributed by atoms with Gasteiger partial charge in [-0.25, -0.2) is 0 Å². The zero-order valence-corrected chi connectivity index (χ0v) is 8.14. The van der Waals surface area contributed by atoms with Crippen LogP contribution in [0.2, 0.25) is 5.02 Å². The van der Waals surface area contributed by atoms with Crippen molar-refractivity contribution in [2.75, 3.05) is 18.7 Å². The smallest absolute Gasteiger partial charge is 0.157 e. The molecular weight excluding hydrogens is 190 g/mol. The van der Waals surface area contributed by atoms with Gasteiger partial charge in [0.1, 0.15) is 6.73 Å². The summed E-state index contributed by atoms with van der Waals surface area (Å²) < 4.78 is 5.07. The fourth-order valence-corrected chi connectivity index (χ4v) is 1.06. The Morgan fingerprint density at radius 1 is 1.54 bits per heavy atom. The van der Waals surface area contributed by atoms with E-state index in [-0.39, 0.29) is 5.75 Å². The summed E-state index contributed by atoms with van der Waals surface area (Å²) in [5.41, 5.74) is 0.584. The first-order valence-electron chi connectivity index (χ1n) is 4.04. The number of para-hydroxylation sites is 1. The molecule has 0 atom stereocenters. The normalized spacial score (nSPS) is 10.0. The lowest BCUT2D eigenvalue weighted by atomic mass is 10.3. The molecule has 0 amide bonds. The molecule has 0 aliphatic rings. The average molecular weight is 202 g/mol. The number of rotatable bonds is 4. The first kappa shape index (κ1) is 10.2. The SMILES string of the molecule is CCOCNc1cccc(Cl)c1O. The van der Waals surface area contributed by atoms with Gasteiger partial charge < -0.3 is 15.2 Å². The average Bonchev–Trinajstić information content (AvgIpc) is 2.13. The number of ether oxygens (including phenoxy) is 1. The predicted octanol–water partition coefficient (Wildman–Crippen LogP) is 2.45. The van der Waals surface area contributed by atoms with Crippen molar-refractivity contribution in [3.8, 4) is 5.75 Å². The second kappa shape index (κ2) is 4.94. The van der Waals surface area contributed by atoms with Crippen molar-refractivity contribution in [3.05, 3.63) is 23.2 Å². The lowest BCUT2D eigenvalue weighted by Gasteiger charge is -2.08. The second-order valence-corrected chi connectivity index (χ2v) is 2.86. The van der Waals surface area contributed by atoms with E-state index in [2.05, 4.69) is 5.32 Å². The summed E-state index contributed by atoms with van der Waals surface area (Å²) in [6.45, 7) is 2.90. The molecule has 3 nitrogen and oxygen atoms in total. The first-order chi connectivity index (χ1) is 6.25. The third-order valence-electron chi connectivity index (χ3n) is 1.56. The lowest BCUT2D eigenvalue weighted by molar-refractivity contribution is 0.166. The second-order valence-electron chi connectivity index (χ2n) is 2.45. The van der Waals surface area contributed by atoms with E-state index in [0.29, 0.717) is 24.0 Å². The molecule has 1 aromatic carbocycles. The Bertz CT molecular complexity index is 278. The van der Waals surface area contributed by atoms with Crippen LogP contribution >= 0.6 is 11.6 Å². The van der Waals surface area contributed by atoms with Gasteiger partial charge in [0.25, 0.3) is 0 Å². The van der Waals surface area contributed by atoms with E-state index in [1.807, 2.05) is 6.92 Å². The highest BCUT2D eigenvalue weighted by atomic mass is 35.5. The van der Waals surface area contributed by atoms with E-state index in [1.165, 1.54) is 0 Å². The van der Waals surface area contributed by atoms with Gasteiger partial charge in [-0.1, -0.05) is 17.7 Å².